The van der Waals surface area contributed by atoms with E-state index in [0.29, 0.717) is 16.7 Å². The lowest BCUT2D eigenvalue weighted by molar-refractivity contribution is -0.137. The Kier molecular flexibility index (Phi) is 5.81. The molecule has 1 saturated heterocycles. The van der Waals surface area contributed by atoms with Crippen molar-refractivity contribution in [1.29, 1.82) is 0 Å². The topological polar surface area (TPSA) is 15.3 Å². The van der Waals surface area contributed by atoms with Crippen molar-refractivity contribution < 1.29 is 13.2 Å². The molecule has 0 aliphatic carbocycles. The van der Waals surface area contributed by atoms with E-state index in [1.807, 2.05) is 6.07 Å². The molecule has 1 fully saturated rings. The van der Waals surface area contributed by atoms with Gasteiger partial charge in [-0.2, -0.15) is 13.2 Å². The van der Waals surface area contributed by atoms with Crippen LogP contribution >= 0.6 is 12.2 Å². The maximum absolute atomic E-state index is 12.6. The van der Waals surface area contributed by atoms with Crippen molar-refractivity contribution in [2.75, 3.05) is 18.4 Å². The largest absolute Gasteiger partial charge is 0.416 e. The van der Waals surface area contributed by atoms with Crippen molar-refractivity contribution in [1.82, 2.24) is 4.90 Å². The molecule has 0 saturated carbocycles. The Labute approximate surface area is 157 Å². The maximum atomic E-state index is 12.6. The minimum absolute atomic E-state index is 0.572. The molecule has 0 radical (unpaired) electrons. The second-order valence-corrected chi connectivity index (χ2v) is 7.01. The Morgan fingerprint density at radius 2 is 1.62 bits per heavy atom. The zero-order valence-electron chi connectivity index (χ0n) is 14.3. The second-order valence-electron chi connectivity index (χ2n) is 6.63. The predicted octanol–water partition coefficient (Wildman–Crippen LogP) is 5.36. The first-order valence-electron chi connectivity index (χ1n) is 8.69. The van der Waals surface area contributed by atoms with Gasteiger partial charge in [-0.3, -0.25) is 0 Å². The zero-order valence-corrected chi connectivity index (χ0v) is 15.1. The summed E-state index contributed by atoms with van der Waals surface area (Å²) in [4.78, 5) is 2.09. The van der Waals surface area contributed by atoms with Crippen molar-refractivity contribution in [3.63, 3.8) is 0 Å². The first-order chi connectivity index (χ1) is 12.4. The van der Waals surface area contributed by atoms with E-state index in [9.17, 15) is 13.2 Å². The van der Waals surface area contributed by atoms with E-state index >= 15 is 0 Å². The number of halogens is 3. The number of rotatable bonds is 3. The number of nitrogens with zero attached hydrogens (tertiary/aromatic N) is 1. The summed E-state index contributed by atoms with van der Waals surface area (Å²) in [6, 6.07) is 15.4. The van der Waals surface area contributed by atoms with Crippen LogP contribution in [0.4, 0.5) is 18.9 Å². The summed E-state index contributed by atoms with van der Waals surface area (Å²) in [5.41, 5.74) is 1.28. The Morgan fingerprint density at radius 1 is 1.00 bits per heavy atom. The molecular formula is C20H21F3N2S. The third kappa shape index (κ3) is 4.97. The monoisotopic (exact) mass is 378 g/mol. The van der Waals surface area contributed by atoms with E-state index in [4.69, 9.17) is 12.2 Å². The molecule has 0 bridgehead atoms. The smallest absolute Gasteiger partial charge is 0.349 e. The minimum Gasteiger partial charge on any atom is -0.349 e. The van der Waals surface area contributed by atoms with E-state index in [1.54, 1.807) is 0 Å². The van der Waals surface area contributed by atoms with Gasteiger partial charge in [-0.25, -0.2) is 0 Å². The molecule has 0 atom stereocenters. The number of piperidine rings is 1. The maximum Gasteiger partial charge on any atom is 0.416 e. The molecule has 138 valence electrons. The van der Waals surface area contributed by atoms with Gasteiger partial charge in [0.2, 0.25) is 0 Å². The highest BCUT2D eigenvalue weighted by Crippen LogP contribution is 2.30. The van der Waals surface area contributed by atoms with Gasteiger partial charge in [0.25, 0.3) is 0 Å². The van der Waals surface area contributed by atoms with E-state index in [0.717, 1.165) is 44.5 Å². The number of hydrogen-bond donors (Lipinski definition) is 1. The van der Waals surface area contributed by atoms with Gasteiger partial charge < -0.3 is 10.2 Å². The Balaban J connectivity index is 1.49. The fraction of sp³-hybridized carbons (Fsp3) is 0.350. The van der Waals surface area contributed by atoms with Crippen molar-refractivity contribution in [3.05, 3.63) is 65.7 Å². The molecule has 3 rings (SSSR count). The van der Waals surface area contributed by atoms with Gasteiger partial charge in [0.05, 0.1) is 5.56 Å². The molecule has 0 unspecified atom stereocenters. The van der Waals surface area contributed by atoms with Crippen LogP contribution < -0.4 is 5.32 Å². The van der Waals surface area contributed by atoms with Gasteiger partial charge in [0, 0.05) is 18.8 Å². The summed E-state index contributed by atoms with van der Waals surface area (Å²) >= 11 is 5.42. The molecule has 1 heterocycles. The van der Waals surface area contributed by atoms with Crippen LogP contribution in [0, 0.1) is 5.92 Å². The standard InChI is InChI=1S/C20H21F3N2S/c21-20(22,23)17-6-8-18(9-7-17)24-19(26)25-12-10-16(11-13-25)14-15-4-2-1-3-5-15/h1-9,16H,10-14H2,(H,24,26). The van der Waals surface area contributed by atoms with Crippen LogP contribution in [-0.4, -0.2) is 23.1 Å². The SMILES string of the molecule is FC(F)(F)c1ccc(NC(=S)N2CCC(Cc3ccccc3)CC2)cc1. The molecule has 0 spiro atoms. The molecule has 0 aromatic heterocycles. The van der Waals surface area contributed by atoms with Gasteiger partial charge in [0.15, 0.2) is 5.11 Å². The number of thiocarbonyl (C=S) groups is 1. The Morgan fingerprint density at radius 3 is 2.19 bits per heavy atom. The van der Waals surface area contributed by atoms with Crippen LogP contribution in [-0.2, 0) is 12.6 Å². The van der Waals surface area contributed by atoms with Gasteiger partial charge in [-0.15, -0.1) is 0 Å². The molecule has 2 aromatic carbocycles. The number of nitrogens with one attached hydrogen (secondary N) is 1. The van der Waals surface area contributed by atoms with Gasteiger partial charge in [0.1, 0.15) is 0 Å². The number of benzene rings is 2. The first kappa shape index (κ1) is 18.7. The van der Waals surface area contributed by atoms with Crippen LogP contribution in [0.1, 0.15) is 24.0 Å². The van der Waals surface area contributed by atoms with Crippen molar-refractivity contribution in [2.45, 2.75) is 25.4 Å². The van der Waals surface area contributed by atoms with Crippen molar-refractivity contribution in [3.8, 4) is 0 Å². The van der Waals surface area contributed by atoms with E-state index in [1.165, 1.54) is 17.7 Å². The zero-order chi connectivity index (χ0) is 18.6. The predicted molar refractivity (Wildman–Crippen MR) is 102 cm³/mol. The summed E-state index contributed by atoms with van der Waals surface area (Å²) in [6.07, 6.45) is -1.12. The quantitative estimate of drug-likeness (QED) is 0.724. The normalized spacial score (nSPS) is 15.7. The lowest BCUT2D eigenvalue weighted by atomic mass is 9.90. The molecular weight excluding hydrogens is 357 g/mol. The van der Waals surface area contributed by atoms with Crippen LogP contribution in [0.25, 0.3) is 0 Å². The van der Waals surface area contributed by atoms with Crippen LogP contribution in [0.2, 0.25) is 0 Å². The molecule has 2 nitrogen and oxygen atoms in total. The van der Waals surface area contributed by atoms with Crippen molar-refractivity contribution in [2.24, 2.45) is 5.92 Å². The van der Waals surface area contributed by atoms with E-state index in [-0.39, 0.29) is 0 Å². The molecule has 0 amide bonds. The number of alkyl halides is 3. The summed E-state index contributed by atoms with van der Waals surface area (Å²) in [6.45, 7) is 1.73. The summed E-state index contributed by atoms with van der Waals surface area (Å²) < 4.78 is 37.8. The van der Waals surface area contributed by atoms with Crippen LogP contribution in [0.15, 0.2) is 54.6 Å². The Bertz CT molecular complexity index is 721. The first-order valence-corrected chi connectivity index (χ1v) is 9.10. The highest BCUT2D eigenvalue weighted by atomic mass is 32.1. The molecule has 1 aliphatic rings. The van der Waals surface area contributed by atoms with Crippen LogP contribution in [0.5, 0.6) is 0 Å². The lowest BCUT2D eigenvalue weighted by Crippen LogP contribution is -2.41. The lowest BCUT2D eigenvalue weighted by Gasteiger charge is -2.34. The number of anilines is 1. The molecule has 6 heteroatoms. The van der Waals surface area contributed by atoms with E-state index in [2.05, 4.69) is 34.5 Å². The average Bonchev–Trinajstić information content (AvgIpc) is 2.63. The fourth-order valence-electron chi connectivity index (χ4n) is 3.23. The van der Waals surface area contributed by atoms with E-state index < -0.39 is 11.7 Å². The highest BCUT2D eigenvalue weighted by molar-refractivity contribution is 7.80. The van der Waals surface area contributed by atoms with Gasteiger partial charge >= 0.3 is 6.18 Å². The minimum atomic E-state index is -4.32. The summed E-state index contributed by atoms with van der Waals surface area (Å²) in [5, 5.41) is 3.62. The Hall–Kier alpha value is -2.08. The molecule has 2 aromatic rings. The fourth-order valence-corrected chi connectivity index (χ4v) is 3.53. The molecule has 1 N–H and O–H groups in total. The average molecular weight is 378 g/mol. The third-order valence-electron chi connectivity index (χ3n) is 4.73. The van der Waals surface area contributed by atoms with Gasteiger partial charge in [-0.1, -0.05) is 30.3 Å². The molecule has 26 heavy (non-hydrogen) atoms. The number of likely N-dealkylation sites (tertiary alicyclic amines) is 1. The third-order valence-corrected chi connectivity index (χ3v) is 5.09. The second kappa shape index (κ2) is 8.08. The summed E-state index contributed by atoms with van der Waals surface area (Å²) in [7, 11) is 0. The summed E-state index contributed by atoms with van der Waals surface area (Å²) in [5.74, 6) is 0.641. The van der Waals surface area contributed by atoms with Crippen LogP contribution in [0.3, 0.4) is 0 Å². The van der Waals surface area contributed by atoms with Gasteiger partial charge in [-0.05, 0) is 67.2 Å². The highest BCUT2D eigenvalue weighted by Gasteiger charge is 2.30. The number of hydrogen-bond acceptors (Lipinski definition) is 1. The molecule has 1 aliphatic heterocycles. The van der Waals surface area contributed by atoms with Crippen molar-refractivity contribution >= 4 is 23.0 Å².